The molecule has 1 heterocycles. The summed E-state index contributed by atoms with van der Waals surface area (Å²) < 4.78 is 19.8. The molecular weight excluding hydrogens is 465 g/mol. The summed E-state index contributed by atoms with van der Waals surface area (Å²) in [7, 11) is 1.64. The maximum absolute atomic E-state index is 14.3. The second kappa shape index (κ2) is 10.3. The lowest BCUT2D eigenvalue weighted by molar-refractivity contribution is 0.0955. The standard InChI is InChI=1S/C28H27ClFN3O2/c1-4-33-25-13-11-21(35-3)17-22(25)28(2,18-19-10-12-23(29)24(30)16-19)26(33)14-15-31-32-27(34)20-8-6-5-7-9-20/h5-17H,4,18H2,1-3H3,(H,32,34)/b26-14-,31-15+. The van der Waals surface area contributed by atoms with Crippen LogP contribution < -0.4 is 15.1 Å². The highest BCUT2D eigenvalue weighted by atomic mass is 35.5. The fourth-order valence-corrected chi connectivity index (χ4v) is 4.72. The summed E-state index contributed by atoms with van der Waals surface area (Å²) >= 11 is 5.92. The lowest BCUT2D eigenvalue weighted by atomic mass is 9.76. The number of hydrazone groups is 1. The van der Waals surface area contributed by atoms with Crippen LogP contribution in [0.2, 0.25) is 5.02 Å². The van der Waals surface area contributed by atoms with Gasteiger partial charge in [0.2, 0.25) is 0 Å². The summed E-state index contributed by atoms with van der Waals surface area (Å²) in [6, 6.07) is 19.8. The predicted molar refractivity (Wildman–Crippen MR) is 139 cm³/mol. The van der Waals surface area contributed by atoms with Crippen molar-refractivity contribution in [3.05, 3.63) is 106 Å². The number of benzene rings is 3. The van der Waals surface area contributed by atoms with E-state index in [2.05, 4.69) is 29.3 Å². The maximum Gasteiger partial charge on any atom is 0.271 e. The van der Waals surface area contributed by atoms with E-state index in [0.717, 1.165) is 34.8 Å². The summed E-state index contributed by atoms with van der Waals surface area (Å²) in [6.07, 6.45) is 4.02. The SMILES string of the molecule is CCN1/C(=C\C=N\NC(=O)c2ccccc2)C(C)(Cc2ccc(Cl)c(F)c2)c2cc(OC)ccc21. The van der Waals surface area contributed by atoms with Gasteiger partial charge in [-0.15, -0.1) is 0 Å². The molecule has 0 saturated heterocycles. The van der Waals surface area contributed by atoms with Crippen molar-refractivity contribution in [1.29, 1.82) is 0 Å². The molecule has 1 aliphatic rings. The first-order chi connectivity index (χ1) is 16.9. The van der Waals surface area contributed by atoms with Crippen LogP contribution in [0.1, 0.15) is 35.3 Å². The fraction of sp³-hybridized carbons (Fsp3) is 0.214. The Morgan fingerprint density at radius 3 is 2.63 bits per heavy atom. The average molecular weight is 492 g/mol. The van der Waals surface area contributed by atoms with Crippen LogP contribution in [0.3, 0.4) is 0 Å². The highest BCUT2D eigenvalue weighted by Gasteiger charge is 2.43. The van der Waals surface area contributed by atoms with E-state index in [1.54, 1.807) is 43.7 Å². The van der Waals surface area contributed by atoms with E-state index >= 15 is 0 Å². The zero-order valence-electron chi connectivity index (χ0n) is 19.9. The molecule has 180 valence electrons. The first-order valence-electron chi connectivity index (χ1n) is 11.4. The zero-order valence-corrected chi connectivity index (χ0v) is 20.6. The quantitative estimate of drug-likeness (QED) is 0.319. The lowest BCUT2D eigenvalue weighted by Crippen LogP contribution is -2.31. The third-order valence-electron chi connectivity index (χ3n) is 6.31. The number of carbonyl (C=O) groups is 1. The minimum absolute atomic E-state index is 0.0969. The minimum Gasteiger partial charge on any atom is -0.497 e. The number of ether oxygens (including phenoxy) is 1. The fourth-order valence-electron chi connectivity index (χ4n) is 4.60. The number of halogens is 2. The Labute approximate surface area is 209 Å². The van der Waals surface area contributed by atoms with E-state index in [1.165, 1.54) is 6.07 Å². The first-order valence-corrected chi connectivity index (χ1v) is 11.7. The Balaban J connectivity index is 1.70. The van der Waals surface area contributed by atoms with Crippen LogP contribution in [0, 0.1) is 5.82 Å². The third-order valence-corrected chi connectivity index (χ3v) is 6.62. The van der Waals surface area contributed by atoms with E-state index in [9.17, 15) is 9.18 Å². The number of methoxy groups -OCH3 is 1. The molecule has 0 saturated carbocycles. The number of allylic oxidation sites excluding steroid dienone is 2. The highest BCUT2D eigenvalue weighted by Crippen LogP contribution is 2.50. The summed E-state index contributed by atoms with van der Waals surface area (Å²) in [6.45, 7) is 4.92. The zero-order chi connectivity index (χ0) is 25.0. The third kappa shape index (κ3) is 4.93. The van der Waals surface area contributed by atoms with Crippen molar-refractivity contribution in [3.8, 4) is 5.75 Å². The van der Waals surface area contributed by atoms with Gasteiger partial charge in [0, 0.05) is 35.1 Å². The normalized spacial score (nSPS) is 18.2. The summed E-state index contributed by atoms with van der Waals surface area (Å²) in [5.74, 6) is 0.0180. The molecule has 35 heavy (non-hydrogen) atoms. The molecule has 0 aromatic heterocycles. The van der Waals surface area contributed by atoms with Gasteiger partial charge in [0.05, 0.1) is 12.1 Å². The van der Waals surface area contributed by atoms with Gasteiger partial charge in [-0.25, -0.2) is 9.82 Å². The molecule has 1 atom stereocenters. The van der Waals surface area contributed by atoms with Crippen molar-refractivity contribution in [1.82, 2.24) is 5.43 Å². The van der Waals surface area contributed by atoms with Gasteiger partial charge in [0.25, 0.3) is 5.91 Å². The van der Waals surface area contributed by atoms with E-state index in [1.807, 2.05) is 36.4 Å². The Bertz CT molecular complexity index is 1290. The molecule has 3 aromatic carbocycles. The molecule has 1 N–H and O–H groups in total. The van der Waals surface area contributed by atoms with E-state index in [4.69, 9.17) is 16.3 Å². The van der Waals surface area contributed by atoms with E-state index in [0.29, 0.717) is 12.0 Å². The van der Waals surface area contributed by atoms with Gasteiger partial charge >= 0.3 is 0 Å². The molecule has 1 aliphatic heterocycles. The molecule has 0 spiro atoms. The van der Waals surface area contributed by atoms with Crippen LogP contribution in [-0.4, -0.2) is 25.8 Å². The van der Waals surface area contributed by atoms with Crippen molar-refractivity contribution < 1.29 is 13.9 Å². The van der Waals surface area contributed by atoms with Crippen molar-refractivity contribution in [2.24, 2.45) is 5.10 Å². The number of anilines is 1. The Hall–Kier alpha value is -3.64. The summed E-state index contributed by atoms with van der Waals surface area (Å²) in [5, 5.41) is 4.24. The van der Waals surface area contributed by atoms with Gasteiger partial charge in [-0.2, -0.15) is 5.10 Å². The number of nitrogens with zero attached hydrogens (tertiary/aromatic N) is 2. The number of nitrogens with one attached hydrogen (secondary N) is 1. The maximum atomic E-state index is 14.3. The van der Waals surface area contributed by atoms with Gasteiger partial charge in [0.1, 0.15) is 11.6 Å². The Kier molecular flexibility index (Phi) is 7.22. The van der Waals surface area contributed by atoms with Crippen molar-refractivity contribution >= 4 is 29.4 Å². The molecule has 0 aliphatic carbocycles. The second-order valence-electron chi connectivity index (χ2n) is 8.52. The number of rotatable bonds is 7. The van der Waals surface area contributed by atoms with Crippen LogP contribution >= 0.6 is 11.6 Å². The molecule has 0 bridgehead atoms. The van der Waals surface area contributed by atoms with Gasteiger partial charge in [-0.1, -0.05) is 35.9 Å². The van der Waals surface area contributed by atoms with Gasteiger partial charge in [0.15, 0.2) is 0 Å². The number of fused-ring (bicyclic) bond motifs is 1. The highest BCUT2D eigenvalue weighted by molar-refractivity contribution is 6.30. The van der Waals surface area contributed by atoms with E-state index in [-0.39, 0.29) is 10.9 Å². The molecule has 5 nitrogen and oxygen atoms in total. The van der Waals surface area contributed by atoms with Crippen LogP contribution in [0.25, 0.3) is 0 Å². The van der Waals surface area contributed by atoms with Gasteiger partial charge in [-0.3, -0.25) is 4.79 Å². The number of carbonyl (C=O) groups excluding carboxylic acids is 1. The van der Waals surface area contributed by atoms with Crippen molar-refractivity contribution in [3.63, 3.8) is 0 Å². The molecule has 1 amide bonds. The molecule has 4 rings (SSSR count). The smallest absolute Gasteiger partial charge is 0.271 e. The molecule has 0 fully saturated rings. The van der Waals surface area contributed by atoms with E-state index < -0.39 is 11.2 Å². The van der Waals surface area contributed by atoms with Crippen molar-refractivity contribution in [2.45, 2.75) is 25.7 Å². The predicted octanol–water partition coefficient (Wildman–Crippen LogP) is 6.13. The number of hydrogen-bond acceptors (Lipinski definition) is 4. The number of hydrogen-bond donors (Lipinski definition) is 1. The molecular formula is C28H27ClFN3O2. The molecule has 7 heteroatoms. The van der Waals surface area contributed by atoms with Crippen LogP contribution in [0.15, 0.2) is 83.6 Å². The molecule has 3 aromatic rings. The summed E-state index contributed by atoms with van der Waals surface area (Å²) in [5.41, 5.74) is 6.52. The summed E-state index contributed by atoms with van der Waals surface area (Å²) in [4.78, 5) is 14.5. The van der Waals surface area contributed by atoms with Gasteiger partial charge < -0.3 is 9.64 Å². The number of likely N-dealkylation sites (N-methyl/N-ethyl adjacent to an activating group) is 1. The topological polar surface area (TPSA) is 53.9 Å². The molecule has 0 radical (unpaired) electrons. The minimum atomic E-state index is -0.504. The largest absolute Gasteiger partial charge is 0.497 e. The van der Waals surface area contributed by atoms with Gasteiger partial charge in [-0.05, 0) is 79.9 Å². The van der Waals surface area contributed by atoms with Crippen LogP contribution in [-0.2, 0) is 11.8 Å². The Morgan fingerprint density at radius 1 is 1.17 bits per heavy atom. The van der Waals surface area contributed by atoms with Crippen LogP contribution in [0.4, 0.5) is 10.1 Å². The lowest BCUT2D eigenvalue weighted by Gasteiger charge is -2.30. The second-order valence-corrected chi connectivity index (χ2v) is 8.93. The monoisotopic (exact) mass is 491 g/mol. The average Bonchev–Trinajstić information content (AvgIpc) is 3.10. The number of amides is 1. The molecule has 1 unspecified atom stereocenters. The Morgan fingerprint density at radius 2 is 1.94 bits per heavy atom. The van der Waals surface area contributed by atoms with Crippen LogP contribution in [0.5, 0.6) is 5.75 Å². The first kappa shape index (κ1) is 24.5. The van der Waals surface area contributed by atoms with Crippen molar-refractivity contribution in [2.75, 3.05) is 18.6 Å².